The van der Waals surface area contributed by atoms with Crippen LogP contribution in [-0.4, -0.2) is 131 Å². The normalized spacial score (nSPS) is 30.6. The van der Waals surface area contributed by atoms with Crippen LogP contribution in [0.2, 0.25) is 0 Å². The summed E-state index contributed by atoms with van der Waals surface area (Å²) < 4.78 is 37.7. The zero-order chi connectivity index (χ0) is 31.3. The molecule has 2 aliphatic heterocycles. The Morgan fingerprint density at radius 1 is 1.00 bits per heavy atom. The highest BCUT2D eigenvalue weighted by atomic mass is 16.8. The number of phenolic OH excluding ortho intramolecular Hbond substituents is 2. The Morgan fingerprint density at radius 2 is 1.65 bits per heavy atom. The average molecular weight is 613 g/mol. The number of methoxy groups -OCH3 is 2. The van der Waals surface area contributed by atoms with Crippen LogP contribution in [0.5, 0.6) is 23.0 Å². The van der Waals surface area contributed by atoms with Gasteiger partial charge in [-0.1, -0.05) is 12.1 Å². The number of esters is 1. The van der Waals surface area contributed by atoms with Crippen LogP contribution in [0.1, 0.15) is 15.9 Å². The van der Waals surface area contributed by atoms with Gasteiger partial charge >= 0.3 is 5.97 Å². The second-order valence-electron chi connectivity index (χ2n) is 10.1. The van der Waals surface area contributed by atoms with Crippen LogP contribution in [0.3, 0.4) is 0 Å². The number of hydrogen-bond donors (Lipinski definition) is 7. The van der Waals surface area contributed by atoms with Crippen molar-refractivity contribution in [1.82, 2.24) is 0 Å². The van der Waals surface area contributed by atoms with Gasteiger partial charge in [0, 0.05) is 0 Å². The van der Waals surface area contributed by atoms with Gasteiger partial charge in [-0.25, -0.2) is 4.79 Å². The molecule has 2 saturated heterocycles. The van der Waals surface area contributed by atoms with Gasteiger partial charge in [0.05, 0.1) is 39.6 Å². The van der Waals surface area contributed by atoms with Crippen molar-refractivity contribution >= 4 is 5.97 Å². The van der Waals surface area contributed by atoms with Crippen molar-refractivity contribution in [1.29, 1.82) is 0 Å². The third kappa shape index (κ3) is 7.29. The number of aromatic hydroxyl groups is 2. The minimum Gasteiger partial charge on any atom is -0.508 e. The minimum absolute atomic E-state index is 0.0526. The molecule has 2 aromatic rings. The van der Waals surface area contributed by atoms with Crippen LogP contribution in [0.25, 0.3) is 0 Å². The van der Waals surface area contributed by atoms with Crippen LogP contribution in [0, 0.1) is 0 Å². The molecule has 0 aromatic heterocycles. The third-order valence-electron chi connectivity index (χ3n) is 7.20. The largest absolute Gasteiger partial charge is 0.508 e. The lowest BCUT2D eigenvalue weighted by Gasteiger charge is -2.42. The minimum atomic E-state index is -2.13. The lowest BCUT2D eigenvalue weighted by atomic mass is 9.98. The van der Waals surface area contributed by atoms with Crippen LogP contribution < -0.4 is 9.47 Å². The molecule has 43 heavy (non-hydrogen) atoms. The molecule has 2 aromatic carbocycles. The topological polar surface area (TPSA) is 223 Å². The Morgan fingerprint density at radius 3 is 2.26 bits per heavy atom. The molecule has 0 spiro atoms. The van der Waals surface area contributed by atoms with E-state index in [4.69, 9.17) is 33.2 Å². The number of hydrogen-bond acceptors (Lipinski definition) is 15. The predicted molar refractivity (Wildman–Crippen MR) is 143 cm³/mol. The Balaban J connectivity index is 1.40. The highest BCUT2D eigenvalue weighted by Gasteiger charge is 2.54. The second-order valence-corrected chi connectivity index (χ2v) is 10.1. The summed E-state index contributed by atoms with van der Waals surface area (Å²) in [4.78, 5) is 12.7. The summed E-state index contributed by atoms with van der Waals surface area (Å²) in [5.74, 6) is -1.27. The molecule has 2 aliphatic rings. The lowest BCUT2D eigenvalue weighted by Crippen LogP contribution is -2.61. The number of rotatable bonds is 12. The van der Waals surface area contributed by atoms with E-state index in [0.717, 1.165) is 5.56 Å². The Bertz CT molecular complexity index is 1200. The first kappa shape index (κ1) is 32.7. The highest BCUT2D eigenvalue weighted by molar-refractivity contribution is 5.91. The van der Waals surface area contributed by atoms with Crippen molar-refractivity contribution in [2.24, 2.45) is 0 Å². The first-order valence-corrected chi connectivity index (χ1v) is 13.3. The Labute approximate surface area is 246 Å². The van der Waals surface area contributed by atoms with E-state index >= 15 is 0 Å². The number of benzene rings is 2. The standard InChI is InChI=1S/C28H36O15/c1-37-17-9-15(10-18(38-2)20(17)31)25(35)40-12-28(36)13-41-27(24(28)34)43-23-22(33)21(32)19(11-29)42-26(23)39-8-7-14-3-5-16(30)6-4-14/h3-6,9-10,19,21-24,26-27,29-34,36H,7-8,11-13H2,1-2H3. The molecule has 0 bridgehead atoms. The molecule has 2 fully saturated rings. The van der Waals surface area contributed by atoms with Gasteiger partial charge in [-0.15, -0.1) is 0 Å². The van der Waals surface area contributed by atoms with E-state index < -0.39 is 74.5 Å². The number of ether oxygens (including phenoxy) is 7. The van der Waals surface area contributed by atoms with E-state index in [2.05, 4.69) is 0 Å². The van der Waals surface area contributed by atoms with Crippen molar-refractivity contribution in [3.8, 4) is 23.0 Å². The maximum atomic E-state index is 12.7. The number of carbonyl (C=O) groups is 1. The molecule has 0 saturated carbocycles. The van der Waals surface area contributed by atoms with Gasteiger partial charge < -0.3 is 68.9 Å². The Hall–Kier alpha value is -3.25. The quantitative estimate of drug-likeness (QED) is 0.140. The number of aliphatic hydroxyl groups is 5. The van der Waals surface area contributed by atoms with Crippen LogP contribution >= 0.6 is 0 Å². The molecule has 238 valence electrons. The predicted octanol–water partition coefficient (Wildman–Crippen LogP) is -1.20. The van der Waals surface area contributed by atoms with Crippen LogP contribution in [0.15, 0.2) is 36.4 Å². The van der Waals surface area contributed by atoms with E-state index in [9.17, 15) is 40.5 Å². The summed E-state index contributed by atoms with van der Waals surface area (Å²) in [7, 11) is 2.56. The molecule has 2 heterocycles. The maximum absolute atomic E-state index is 12.7. The highest BCUT2D eigenvalue weighted by Crippen LogP contribution is 2.37. The summed E-state index contributed by atoms with van der Waals surface area (Å²) in [5.41, 5.74) is -1.38. The fraction of sp³-hybridized carbons (Fsp3) is 0.536. The first-order chi connectivity index (χ1) is 20.5. The summed E-state index contributed by atoms with van der Waals surface area (Å²) in [6, 6.07) is 8.80. The maximum Gasteiger partial charge on any atom is 0.338 e. The smallest absolute Gasteiger partial charge is 0.338 e. The lowest BCUT2D eigenvalue weighted by molar-refractivity contribution is -0.335. The molecule has 8 atom stereocenters. The van der Waals surface area contributed by atoms with Gasteiger partial charge in [-0.2, -0.15) is 0 Å². The molecule has 15 heteroatoms. The van der Waals surface area contributed by atoms with Gasteiger partial charge in [0.15, 0.2) is 29.7 Å². The molecule has 4 rings (SSSR count). The van der Waals surface area contributed by atoms with E-state index in [1.807, 2.05) is 0 Å². The van der Waals surface area contributed by atoms with Crippen molar-refractivity contribution in [2.75, 3.05) is 40.6 Å². The Kier molecular flexibility index (Phi) is 10.7. The monoisotopic (exact) mass is 612 g/mol. The van der Waals surface area contributed by atoms with E-state index in [0.29, 0.717) is 6.42 Å². The molecular weight excluding hydrogens is 576 g/mol. The van der Waals surface area contributed by atoms with Gasteiger partial charge in [-0.3, -0.25) is 0 Å². The van der Waals surface area contributed by atoms with Crippen LogP contribution in [0.4, 0.5) is 0 Å². The van der Waals surface area contributed by atoms with Crippen molar-refractivity contribution in [2.45, 2.75) is 55.1 Å². The zero-order valence-electron chi connectivity index (χ0n) is 23.4. The van der Waals surface area contributed by atoms with Gasteiger partial charge in [0.1, 0.15) is 42.9 Å². The zero-order valence-corrected chi connectivity index (χ0v) is 23.4. The fourth-order valence-electron chi connectivity index (χ4n) is 4.63. The number of carbonyl (C=O) groups excluding carboxylic acids is 1. The van der Waals surface area contributed by atoms with Gasteiger partial charge in [-0.05, 0) is 36.2 Å². The number of aliphatic hydroxyl groups excluding tert-OH is 4. The average Bonchev–Trinajstić information content (AvgIpc) is 3.29. The fourth-order valence-corrected chi connectivity index (χ4v) is 4.63. The molecule has 0 amide bonds. The van der Waals surface area contributed by atoms with Crippen LogP contribution in [-0.2, 0) is 30.1 Å². The molecule has 0 radical (unpaired) electrons. The third-order valence-corrected chi connectivity index (χ3v) is 7.20. The summed E-state index contributed by atoms with van der Waals surface area (Å²) in [5, 5.41) is 72.1. The SMILES string of the molecule is COc1cc(C(=O)OCC2(O)COC(OC3C(OCCc4ccc(O)cc4)OC(CO)C(O)C3O)C2O)cc(OC)c1O. The van der Waals surface area contributed by atoms with E-state index in [1.54, 1.807) is 12.1 Å². The summed E-state index contributed by atoms with van der Waals surface area (Å²) in [6.45, 7) is -1.84. The molecule has 7 N–H and O–H groups in total. The van der Waals surface area contributed by atoms with Crippen molar-refractivity contribution in [3.05, 3.63) is 47.5 Å². The van der Waals surface area contributed by atoms with E-state index in [-0.39, 0.29) is 35.2 Å². The van der Waals surface area contributed by atoms with E-state index in [1.165, 1.54) is 38.5 Å². The summed E-state index contributed by atoms with van der Waals surface area (Å²) in [6.07, 6.45) is -10.2. The van der Waals surface area contributed by atoms with Gasteiger partial charge in [0.25, 0.3) is 0 Å². The number of phenols is 2. The molecule has 15 nitrogen and oxygen atoms in total. The molecule has 8 unspecified atom stereocenters. The molecular formula is C28H36O15. The van der Waals surface area contributed by atoms with Gasteiger partial charge in [0.2, 0.25) is 5.75 Å². The first-order valence-electron chi connectivity index (χ1n) is 13.3. The van der Waals surface area contributed by atoms with Crippen molar-refractivity contribution < 1.29 is 73.7 Å². The summed E-state index contributed by atoms with van der Waals surface area (Å²) >= 11 is 0. The molecule has 0 aliphatic carbocycles. The second kappa shape index (κ2) is 14.0. The van der Waals surface area contributed by atoms with Crippen molar-refractivity contribution in [3.63, 3.8) is 0 Å².